The van der Waals surface area contributed by atoms with Gasteiger partial charge < -0.3 is 10.1 Å². The highest BCUT2D eigenvalue weighted by atomic mass is 32.2. The summed E-state index contributed by atoms with van der Waals surface area (Å²) in [4.78, 5) is 25.8. The second kappa shape index (κ2) is 8.72. The number of methoxy groups -OCH3 is 1. The number of rotatable bonds is 5. The molecule has 0 aromatic heterocycles. The van der Waals surface area contributed by atoms with Crippen LogP contribution in [0, 0.1) is 17.5 Å². The van der Waals surface area contributed by atoms with Crippen LogP contribution in [0.3, 0.4) is 0 Å². The lowest BCUT2D eigenvalue weighted by Crippen LogP contribution is -2.42. The molecule has 0 unspecified atom stereocenters. The van der Waals surface area contributed by atoms with E-state index in [9.17, 15) is 22.8 Å². The number of benzene rings is 2. The van der Waals surface area contributed by atoms with E-state index >= 15 is 0 Å². The Kier molecular flexibility index (Phi) is 6.64. The number of amides is 3. The van der Waals surface area contributed by atoms with Gasteiger partial charge >= 0.3 is 6.03 Å². The number of carbonyl (C=O) groups excluding carboxylic acids is 2. The summed E-state index contributed by atoms with van der Waals surface area (Å²) in [7, 11) is 1.19. The van der Waals surface area contributed by atoms with E-state index in [4.69, 9.17) is 4.74 Å². The van der Waals surface area contributed by atoms with Gasteiger partial charge in [0.2, 0.25) is 0 Å². The molecule has 0 saturated heterocycles. The van der Waals surface area contributed by atoms with Crippen LogP contribution in [0.4, 0.5) is 23.7 Å². The van der Waals surface area contributed by atoms with Crippen molar-refractivity contribution < 1.29 is 27.5 Å². The molecule has 0 aliphatic carbocycles. The SMILES string of the molecule is COCN(C(=O)Nc1ccc(SC)cc1F)C(=O)c1c(F)cccc1F. The molecule has 9 heteroatoms. The van der Waals surface area contributed by atoms with E-state index in [2.05, 4.69) is 5.32 Å². The first kappa shape index (κ1) is 19.8. The zero-order chi connectivity index (χ0) is 19.3. The largest absolute Gasteiger partial charge is 0.364 e. The molecule has 138 valence electrons. The molecule has 0 heterocycles. The molecule has 26 heavy (non-hydrogen) atoms. The lowest BCUT2D eigenvalue weighted by Gasteiger charge is -2.21. The van der Waals surface area contributed by atoms with Gasteiger partial charge in [0.25, 0.3) is 5.91 Å². The van der Waals surface area contributed by atoms with Crippen molar-refractivity contribution >= 4 is 29.4 Å². The Labute approximate surface area is 152 Å². The van der Waals surface area contributed by atoms with Crippen molar-refractivity contribution in [2.75, 3.05) is 25.4 Å². The maximum absolute atomic E-state index is 14.0. The Hall–Kier alpha value is -2.52. The Morgan fingerprint density at radius 2 is 1.77 bits per heavy atom. The molecule has 0 atom stereocenters. The van der Waals surface area contributed by atoms with Crippen LogP contribution in [0.1, 0.15) is 10.4 Å². The molecule has 1 N–H and O–H groups in total. The summed E-state index contributed by atoms with van der Waals surface area (Å²) < 4.78 is 46.4. The van der Waals surface area contributed by atoms with Crippen molar-refractivity contribution in [2.24, 2.45) is 0 Å². The standard InChI is InChI=1S/C17H15F3N2O3S/c1-25-9-22(16(23)15-11(18)4-3-5-12(15)19)17(24)21-14-7-6-10(26-2)8-13(14)20/h3-8H,9H2,1-2H3,(H,21,24). The zero-order valence-electron chi connectivity index (χ0n) is 13.9. The number of thioether (sulfide) groups is 1. The summed E-state index contributed by atoms with van der Waals surface area (Å²) in [5, 5.41) is 2.19. The van der Waals surface area contributed by atoms with E-state index in [1.165, 1.54) is 31.0 Å². The number of urea groups is 1. The number of ether oxygens (including phenoxy) is 1. The molecule has 2 aromatic rings. The number of anilines is 1. The number of nitrogens with one attached hydrogen (secondary N) is 1. The van der Waals surface area contributed by atoms with Crippen molar-refractivity contribution in [1.29, 1.82) is 0 Å². The van der Waals surface area contributed by atoms with Gasteiger partial charge in [0.15, 0.2) is 0 Å². The maximum atomic E-state index is 14.0. The van der Waals surface area contributed by atoms with Gasteiger partial charge in [-0.3, -0.25) is 4.79 Å². The Bertz CT molecular complexity index is 813. The predicted molar refractivity (Wildman–Crippen MR) is 91.6 cm³/mol. The maximum Gasteiger partial charge on any atom is 0.330 e. The van der Waals surface area contributed by atoms with Crippen LogP contribution in [0.2, 0.25) is 0 Å². The number of nitrogens with zero attached hydrogens (tertiary/aromatic N) is 1. The summed E-state index contributed by atoms with van der Waals surface area (Å²) in [6.45, 7) is -0.580. The number of imide groups is 1. The Morgan fingerprint density at radius 3 is 2.31 bits per heavy atom. The van der Waals surface area contributed by atoms with Gasteiger partial charge in [0.05, 0.1) is 5.69 Å². The molecular weight excluding hydrogens is 369 g/mol. The Morgan fingerprint density at radius 1 is 1.12 bits per heavy atom. The molecule has 3 amide bonds. The third-order valence-electron chi connectivity index (χ3n) is 3.34. The van der Waals surface area contributed by atoms with E-state index in [0.29, 0.717) is 9.80 Å². The lowest BCUT2D eigenvalue weighted by molar-refractivity contribution is 0.0548. The monoisotopic (exact) mass is 384 g/mol. The third kappa shape index (κ3) is 4.36. The second-order valence-corrected chi connectivity index (χ2v) is 5.90. The van der Waals surface area contributed by atoms with E-state index < -0.39 is 41.7 Å². The van der Waals surface area contributed by atoms with Gasteiger partial charge in [0, 0.05) is 12.0 Å². The normalized spacial score (nSPS) is 10.5. The molecule has 0 saturated carbocycles. The average Bonchev–Trinajstić information content (AvgIpc) is 2.60. The van der Waals surface area contributed by atoms with Crippen molar-refractivity contribution in [1.82, 2.24) is 4.90 Å². The van der Waals surface area contributed by atoms with E-state index in [0.717, 1.165) is 18.2 Å². The molecule has 0 fully saturated rings. The number of halogens is 3. The highest BCUT2D eigenvalue weighted by Crippen LogP contribution is 2.22. The minimum atomic E-state index is -1.25. The molecule has 0 bridgehead atoms. The molecule has 0 aliphatic heterocycles. The second-order valence-electron chi connectivity index (χ2n) is 5.02. The number of hydrogen-bond donors (Lipinski definition) is 1. The number of carbonyl (C=O) groups is 2. The Balaban J connectivity index is 2.29. The smallest absolute Gasteiger partial charge is 0.330 e. The summed E-state index contributed by atoms with van der Waals surface area (Å²) in [6.07, 6.45) is 1.76. The van der Waals surface area contributed by atoms with Crippen LogP contribution < -0.4 is 5.32 Å². The van der Waals surface area contributed by atoms with Gasteiger partial charge in [-0.15, -0.1) is 11.8 Å². The highest BCUT2D eigenvalue weighted by molar-refractivity contribution is 7.98. The van der Waals surface area contributed by atoms with E-state index in [1.54, 1.807) is 12.3 Å². The van der Waals surface area contributed by atoms with Gasteiger partial charge in [-0.05, 0) is 36.6 Å². The molecule has 2 rings (SSSR count). The molecule has 5 nitrogen and oxygen atoms in total. The van der Waals surface area contributed by atoms with E-state index in [-0.39, 0.29) is 5.69 Å². The fourth-order valence-corrected chi connectivity index (χ4v) is 2.51. The third-order valence-corrected chi connectivity index (χ3v) is 4.07. The lowest BCUT2D eigenvalue weighted by atomic mass is 10.1. The van der Waals surface area contributed by atoms with Crippen LogP contribution in [-0.4, -0.2) is 36.9 Å². The minimum absolute atomic E-state index is 0.185. The molecule has 0 radical (unpaired) electrons. The van der Waals surface area contributed by atoms with Gasteiger partial charge in [-0.2, -0.15) is 0 Å². The van der Waals surface area contributed by atoms with Crippen LogP contribution in [0.25, 0.3) is 0 Å². The van der Waals surface area contributed by atoms with Crippen molar-refractivity contribution in [2.45, 2.75) is 4.90 Å². The highest BCUT2D eigenvalue weighted by Gasteiger charge is 2.28. The van der Waals surface area contributed by atoms with Crippen molar-refractivity contribution in [3.63, 3.8) is 0 Å². The minimum Gasteiger partial charge on any atom is -0.364 e. The van der Waals surface area contributed by atoms with Crippen LogP contribution in [0.15, 0.2) is 41.3 Å². The van der Waals surface area contributed by atoms with Gasteiger partial charge in [0.1, 0.15) is 29.7 Å². The first-order chi connectivity index (χ1) is 12.4. The van der Waals surface area contributed by atoms with Gasteiger partial charge in [-0.1, -0.05) is 6.07 Å². The number of hydrogen-bond acceptors (Lipinski definition) is 4. The van der Waals surface area contributed by atoms with E-state index in [1.807, 2.05) is 0 Å². The molecule has 0 aliphatic rings. The summed E-state index contributed by atoms with van der Waals surface area (Å²) in [6, 6.07) is 5.88. The summed E-state index contributed by atoms with van der Waals surface area (Å²) in [5.41, 5.74) is -1.09. The van der Waals surface area contributed by atoms with Crippen LogP contribution in [-0.2, 0) is 4.74 Å². The molecule has 2 aromatic carbocycles. The summed E-state index contributed by atoms with van der Waals surface area (Å²) >= 11 is 1.31. The topological polar surface area (TPSA) is 58.6 Å². The zero-order valence-corrected chi connectivity index (χ0v) is 14.7. The van der Waals surface area contributed by atoms with Crippen LogP contribution >= 0.6 is 11.8 Å². The first-order valence-corrected chi connectivity index (χ1v) is 8.50. The molecule has 0 spiro atoms. The first-order valence-electron chi connectivity index (χ1n) is 7.28. The van der Waals surface area contributed by atoms with Gasteiger partial charge in [-0.25, -0.2) is 22.9 Å². The average molecular weight is 384 g/mol. The van der Waals surface area contributed by atoms with Crippen molar-refractivity contribution in [3.8, 4) is 0 Å². The van der Waals surface area contributed by atoms with Crippen molar-refractivity contribution in [3.05, 3.63) is 59.4 Å². The fourth-order valence-electron chi connectivity index (χ4n) is 2.08. The molecular formula is C17H15F3N2O3S. The quantitative estimate of drug-likeness (QED) is 0.623. The summed E-state index contributed by atoms with van der Waals surface area (Å²) in [5.74, 6) is -4.22. The van der Waals surface area contributed by atoms with Crippen LogP contribution in [0.5, 0.6) is 0 Å². The fraction of sp³-hybridized carbons (Fsp3) is 0.176. The predicted octanol–water partition coefficient (Wildman–Crippen LogP) is 4.10.